The number of benzene rings is 1. The first-order valence-corrected chi connectivity index (χ1v) is 14.1. The minimum absolute atomic E-state index is 0.0133. The summed E-state index contributed by atoms with van der Waals surface area (Å²) in [5.74, 6) is 6.69. The minimum Gasteiger partial charge on any atom is -0.350 e. The van der Waals surface area contributed by atoms with Gasteiger partial charge in [0.05, 0.1) is 28.7 Å². The summed E-state index contributed by atoms with van der Waals surface area (Å²) in [5.41, 5.74) is 3.98. The van der Waals surface area contributed by atoms with E-state index in [4.69, 9.17) is 11.6 Å². The van der Waals surface area contributed by atoms with Gasteiger partial charge in [0.2, 0.25) is 0 Å². The summed E-state index contributed by atoms with van der Waals surface area (Å²) in [7, 11) is 1.88. The molecule has 1 amide bonds. The highest BCUT2D eigenvalue weighted by Gasteiger charge is 2.12. The van der Waals surface area contributed by atoms with Crippen LogP contribution >= 0.6 is 34.2 Å². The van der Waals surface area contributed by atoms with Crippen LogP contribution in [-0.2, 0) is 18.4 Å². The number of carbonyl (C=O) groups is 1. The van der Waals surface area contributed by atoms with E-state index in [-0.39, 0.29) is 17.7 Å². The van der Waals surface area contributed by atoms with Gasteiger partial charge in [-0.05, 0) is 55.7 Å². The van der Waals surface area contributed by atoms with E-state index in [1.54, 1.807) is 35.1 Å². The van der Waals surface area contributed by atoms with Gasteiger partial charge in [0.1, 0.15) is 0 Å². The number of anilines is 3. The Morgan fingerprint density at radius 1 is 1.29 bits per heavy atom. The van der Waals surface area contributed by atoms with Gasteiger partial charge < -0.3 is 15.2 Å². The van der Waals surface area contributed by atoms with Gasteiger partial charge in [-0.25, -0.2) is 0 Å². The molecule has 0 saturated carbocycles. The quantitative estimate of drug-likeness (QED) is 0.0678. The van der Waals surface area contributed by atoms with Crippen LogP contribution in [0.5, 0.6) is 0 Å². The van der Waals surface area contributed by atoms with Crippen LogP contribution in [-0.4, -0.2) is 24.8 Å². The van der Waals surface area contributed by atoms with Gasteiger partial charge in [0, 0.05) is 41.6 Å². The molecule has 0 spiro atoms. The lowest BCUT2D eigenvalue weighted by Crippen LogP contribution is -2.23. The zero-order chi connectivity index (χ0) is 27.5. The number of aryl methyl sites for hydroxylation is 1. The van der Waals surface area contributed by atoms with E-state index in [0.29, 0.717) is 33.8 Å². The summed E-state index contributed by atoms with van der Waals surface area (Å²) >= 11 is 8.15. The van der Waals surface area contributed by atoms with E-state index in [1.807, 2.05) is 55.2 Å². The fourth-order valence-electron chi connectivity index (χ4n) is 3.69. The smallest absolute Gasteiger partial charge is 0.250 e. The maximum absolute atomic E-state index is 12.5. The van der Waals surface area contributed by atoms with Gasteiger partial charge >= 0.3 is 0 Å². The Morgan fingerprint density at radius 2 is 2.05 bits per heavy atom. The third-order valence-corrected chi connectivity index (χ3v) is 6.47. The van der Waals surface area contributed by atoms with Crippen molar-refractivity contribution in [2.45, 2.75) is 26.8 Å². The number of halogens is 2. The molecule has 9 heteroatoms. The number of allylic oxidation sites excluding steroid dienone is 2. The van der Waals surface area contributed by atoms with Crippen LogP contribution in [0.2, 0.25) is 5.02 Å². The third-order valence-electron chi connectivity index (χ3n) is 5.88. The van der Waals surface area contributed by atoms with Crippen molar-refractivity contribution < 1.29 is 4.79 Å². The molecule has 2 heterocycles. The summed E-state index contributed by atoms with van der Waals surface area (Å²) in [4.78, 5) is 17.2. The number of rotatable bonds is 10. The van der Waals surface area contributed by atoms with E-state index in [1.165, 1.54) is 0 Å². The molecule has 2 unspecified atom stereocenters. The van der Waals surface area contributed by atoms with E-state index in [9.17, 15) is 4.79 Å². The monoisotopic (exact) mass is 642 g/mol. The predicted molar refractivity (Wildman–Crippen MR) is 164 cm³/mol. The highest BCUT2D eigenvalue weighted by molar-refractivity contribution is 14.1. The molecule has 2 atom stereocenters. The molecule has 0 radical (unpaired) electrons. The molecule has 0 aliphatic heterocycles. The number of amides is 1. The summed E-state index contributed by atoms with van der Waals surface area (Å²) in [5, 5.41) is 11.1. The molecule has 38 heavy (non-hydrogen) atoms. The number of hydrogen-bond acceptors (Lipinski definition) is 4. The average molecular weight is 643 g/mol. The number of carbonyl (C=O) groups excluding carboxylic acids is 1. The Kier molecular flexibility index (Phi) is 11.2. The van der Waals surface area contributed by atoms with Crippen molar-refractivity contribution in [1.29, 1.82) is 0 Å². The standard InChI is InChI=1S/C29H32ClIN6O/c1-5-23(21(2)10-11-22(3)29(38)35-25-14-12-24(30)13-15-25)8-6-16-37-17-7-9-27(28(37)32-20-31)34-26-18-33-36(4)19-26/h5,7,9,11-15,17-19,21,23,34H,1,10,16,20H2,2-4H3,(H,35,38)/b22-11+,32-28?. The Morgan fingerprint density at radius 3 is 2.71 bits per heavy atom. The Balaban J connectivity index is 1.65. The molecule has 198 valence electrons. The second-order valence-electron chi connectivity index (χ2n) is 8.82. The summed E-state index contributed by atoms with van der Waals surface area (Å²) < 4.78 is 4.40. The first kappa shape index (κ1) is 29.3. The van der Waals surface area contributed by atoms with Crippen molar-refractivity contribution in [3.05, 3.63) is 89.8 Å². The molecule has 2 N–H and O–H groups in total. The predicted octanol–water partition coefficient (Wildman–Crippen LogP) is 6.33. The summed E-state index contributed by atoms with van der Waals surface area (Å²) in [6.07, 6.45) is 10.2. The second-order valence-corrected chi connectivity index (χ2v) is 9.94. The van der Waals surface area contributed by atoms with Gasteiger partial charge in [-0.15, -0.1) is 6.58 Å². The van der Waals surface area contributed by atoms with Gasteiger partial charge in [0.15, 0.2) is 5.49 Å². The molecule has 0 fully saturated rings. The van der Waals surface area contributed by atoms with Crippen LogP contribution in [0.3, 0.4) is 0 Å². The van der Waals surface area contributed by atoms with Gasteiger partial charge in [0.25, 0.3) is 5.91 Å². The lowest BCUT2D eigenvalue weighted by Gasteiger charge is -2.14. The van der Waals surface area contributed by atoms with Crippen LogP contribution in [0.1, 0.15) is 20.3 Å². The van der Waals surface area contributed by atoms with Crippen LogP contribution in [0.25, 0.3) is 0 Å². The maximum Gasteiger partial charge on any atom is 0.250 e. The van der Waals surface area contributed by atoms with Gasteiger partial charge in [-0.3, -0.25) is 14.5 Å². The second kappa shape index (κ2) is 14.6. The molecule has 3 aromatic rings. The van der Waals surface area contributed by atoms with Crippen LogP contribution in [0.15, 0.2) is 84.3 Å². The lowest BCUT2D eigenvalue weighted by atomic mass is 9.91. The van der Waals surface area contributed by atoms with Crippen molar-refractivity contribution in [1.82, 2.24) is 14.3 Å². The van der Waals surface area contributed by atoms with Crippen molar-refractivity contribution in [2.24, 2.45) is 23.9 Å². The first-order chi connectivity index (χ1) is 18.3. The van der Waals surface area contributed by atoms with E-state index >= 15 is 0 Å². The van der Waals surface area contributed by atoms with Crippen LogP contribution < -0.4 is 16.1 Å². The number of nitrogens with zero attached hydrogens (tertiary/aromatic N) is 4. The molecule has 0 saturated heterocycles. The Labute approximate surface area is 242 Å². The van der Waals surface area contributed by atoms with Crippen molar-refractivity contribution >= 4 is 57.2 Å². The lowest BCUT2D eigenvalue weighted by molar-refractivity contribution is -0.112. The molecule has 0 aliphatic rings. The fraction of sp³-hybridized carbons (Fsp3) is 0.276. The zero-order valence-electron chi connectivity index (χ0n) is 21.8. The van der Waals surface area contributed by atoms with Crippen molar-refractivity contribution in [3.63, 3.8) is 0 Å². The molecular formula is C29H32ClIN6O. The average Bonchev–Trinajstić information content (AvgIpc) is 3.32. The van der Waals surface area contributed by atoms with Crippen LogP contribution in [0.4, 0.5) is 17.1 Å². The van der Waals surface area contributed by atoms with Crippen LogP contribution in [0, 0.1) is 23.7 Å². The number of alkyl halides is 1. The molecule has 0 aliphatic carbocycles. The highest BCUT2D eigenvalue weighted by atomic mass is 127. The normalized spacial score (nSPS) is 13.3. The van der Waals surface area contributed by atoms with E-state index in [0.717, 1.165) is 16.9 Å². The molecule has 7 nitrogen and oxygen atoms in total. The third kappa shape index (κ3) is 8.64. The topological polar surface area (TPSA) is 76.2 Å². The fourth-order valence-corrected chi connectivity index (χ4v) is 4.14. The van der Waals surface area contributed by atoms with E-state index < -0.39 is 0 Å². The molecule has 1 aromatic carbocycles. The molecular weight excluding hydrogens is 611 g/mol. The van der Waals surface area contributed by atoms with E-state index in [2.05, 4.69) is 68.7 Å². The molecule has 3 rings (SSSR count). The van der Waals surface area contributed by atoms with Gasteiger partial charge in [-0.1, -0.05) is 65.1 Å². The van der Waals surface area contributed by atoms with Crippen molar-refractivity contribution in [2.75, 3.05) is 15.2 Å². The maximum atomic E-state index is 12.5. The molecule has 2 aromatic heterocycles. The Hall–Kier alpha value is -3.29. The Bertz CT molecular complexity index is 1410. The number of nitrogens with one attached hydrogen (secondary N) is 2. The first-order valence-electron chi connectivity index (χ1n) is 12.2. The molecule has 0 bridgehead atoms. The zero-order valence-corrected chi connectivity index (χ0v) is 24.7. The number of aromatic nitrogens is 3. The minimum atomic E-state index is -0.136. The largest absolute Gasteiger partial charge is 0.350 e. The number of pyridine rings is 1. The highest BCUT2D eigenvalue weighted by Crippen LogP contribution is 2.19. The van der Waals surface area contributed by atoms with Gasteiger partial charge in [-0.2, -0.15) is 5.10 Å². The SMILES string of the molecule is C=CC(C#CCn1cccc(Nc2cnn(C)c2)c1=NCI)C(C)C/C=C(\C)C(=O)Nc1ccc(Cl)cc1. The summed E-state index contributed by atoms with van der Waals surface area (Å²) in [6.45, 7) is 8.41. The number of hydrogen-bond donors (Lipinski definition) is 2. The van der Waals surface area contributed by atoms with Crippen molar-refractivity contribution in [3.8, 4) is 11.8 Å². The summed E-state index contributed by atoms with van der Waals surface area (Å²) in [6, 6.07) is 11.0.